The van der Waals surface area contributed by atoms with E-state index in [1.807, 2.05) is 35.7 Å². The Morgan fingerprint density at radius 3 is 2.78 bits per heavy atom. The SMILES string of the molecule is CN(Cc1nc2ccsc2c(=O)[nH]1)C(=O)CCNC(=O)Cc1ccccc1. The van der Waals surface area contributed by atoms with Gasteiger partial charge in [-0.1, -0.05) is 30.3 Å². The van der Waals surface area contributed by atoms with Crippen LogP contribution in [0.5, 0.6) is 0 Å². The fraction of sp³-hybridized carbons (Fsp3) is 0.263. The molecule has 140 valence electrons. The standard InChI is InChI=1S/C19H20N4O3S/c1-23(12-15-21-14-8-10-27-18(14)19(26)22-15)17(25)7-9-20-16(24)11-13-5-3-2-4-6-13/h2-6,8,10H,7,9,11-12H2,1H3,(H,20,24)(H,21,22,26). The maximum atomic E-state index is 12.2. The van der Waals surface area contributed by atoms with Crippen LogP contribution in [-0.2, 0) is 22.6 Å². The lowest BCUT2D eigenvalue weighted by Crippen LogP contribution is -2.33. The van der Waals surface area contributed by atoms with Crippen molar-refractivity contribution in [2.45, 2.75) is 19.4 Å². The highest BCUT2D eigenvalue weighted by molar-refractivity contribution is 7.17. The summed E-state index contributed by atoms with van der Waals surface area (Å²) in [5.74, 6) is 0.184. The molecule has 2 aromatic heterocycles. The minimum atomic E-state index is -0.195. The zero-order chi connectivity index (χ0) is 19.2. The molecule has 0 saturated heterocycles. The molecule has 0 unspecified atom stereocenters. The van der Waals surface area contributed by atoms with E-state index in [1.54, 1.807) is 13.1 Å². The van der Waals surface area contributed by atoms with Crippen molar-refractivity contribution in [3.63, 3.8) is 0 Å². The van der Waals surface area contributed by atoms with Crippen molar-refractivity contribution < 1.29 is 9.59 Å². The molecule has 0 bridgehead atoms. The van der Waals surface area contributed by atoms with Crippen LogP contribution in [0.3, 0.4) is 0 Å². The molecule has 3 aromatic rings. The van der Waals surface area contributed by atoms with Crippen molar-refractivity contribution in [3.8, 4) is 0 Å². The van der Waals surface area contributed by atoms with Crippen LogP contribution in [0.2, 0.25) is 0 Å². The van der Waals surface area contributed by atoms with Crippen LogP contribution in [-0.4, -0.2) is 40.3 Å². The number of fused-ring (bicyclic) bond motifs is 1. The summed E-state index contributed by atoms with van der Waals surface area (Å²) in [6, 6.07) is 11.2. The highest BCUT2D eigenvalue weighted by Gasteiger charge is 2.13. The number of aromatic amines is 1. The molecule has 0 aliphatic heterocycles. The normalized spacial score (nSPS) is 10.7. The molecule has 7 nitrogen and oxygen atoms in total. The second-order valence-corrected chi connectivity index (χ2v) is 7.08. The van der Waals surface area contributed by atoms with E-state index in [1.165, 1.54) is 16.2 Å². The van der Waals surface area contributed by atoms with Crippen molar-refractivity contribution in [2.75, 3.05) is 13.6 Å². The van der Waals surface area contributed by atoms with Crippen LogP contribution in [0.15, 0.2) is 46.6 Å². The van der Waals surface area contributed by atoms with Gasteiger partial charge in [-0.15, -0.1) is 11.3 Å². The number of benzene rings is 1. The summed E-state index contributed by atoms with van der Waals surface area (Å²) < 4.78 is 0.578. The molecule has 0 atom stereocenters. The number of H-pyrrole nitrogens is 1. The van der Waals surface area contributed by atoms with Crippen LogP contribution in [0.1, 0.15) is 17.8 Å². The van der Waals surface area contributed by atoms with Gasteiger partial charge >= 0.3 is 0 Å². The lowest BCUT2D eigenvalue weighted by atomic mass is 10.1. The summed E-state index contributed by atoms with van der Waals surface area (Å²) in [7, 11) is 1.64. The number of carbonyl (C=O) groups is 2. The van der Waals surface area contributed by atoms with Crippen LogP contribution < -0.4 is 10.9 Å². The van der Waals surface area contributed by atoms with Gasteiger partial charge in [0.25, 0.3) is 5.56 Å². The molecule has 1 aromatic carbocycles. The van der Waals surface area contributed by atoms with E-state index in [-0.39, 0.29) is 43.3 Å². The Balaban J connectivity index is 1.47. The van der Waals surface area contributed by atoms with Crippen molar-refractivity contribution in [1.82, 2.24) is 20.2 Å². The Morgan fingerprint density at radius 2 is 2.00 bits per heavy atom. The van der Waals surface area contributed by atoms with Crippen LogP contribution in [0, 0.1) is 0 Å². The minimum absolute atomic E-state index is 0.120. The number of rotatable bonds is 7. The predicted octanol–water partition coefficient (Wildman–Crippen LogP) is 1.69. The fourth-order valence-corrected chi connectivity index (χ4v) is 3.38. The molecule has 0 fully saturated rings. The van der Waals surface area contributed by atoms with Gasteiger partial charge in [0, 0.05) is 20.0 Å². The smallest absolute Gasteiger partial charge is 0.268 e. The van der Waals surface area contributed by atoms with Crippen LogP contribution in [0.25, 0.3) is 10.2 Å². The zero-order valence-corrected chi connectivity index (χ0v) is 15.7. The van der Waals surface area contributed by atoms with E-state index in [2.05, 4.69) is 15.3 Å². The summed E-state index contributed by atoms with van der Waals surface area (Å²) in [5, 5.41) is 4.56. The quantitative estimate of drug-likeness (QED) is 0.648. The summed E-state index contributed by atoms with van der Waals surface area (Å²) in [6.07, 6.45) is 0.471. The first-order valence-electron chi connectivity index (χ1n) is 8.54. The third-order valence-corrected chi connectivity index (χ3v) is 4.95. The maximum absolute atomic E-state index is 12.2. The number of amides is 2. The lowest BCUT2D eigenvalue weighted by molar-refractivity contribution is -0.130. The molecule has 2 N–H and O–H groups in total. The second-order valence-electron chi connectivity index (χ2n) is 6.16. The Labute approximate surface area is 160 Å². The number of nitrogens with zero attached hydrogens (tertiary/aromatic N) is 2. The van der Waals surface area contributed by atoms with E-state index in [9.17, 15) is 14.4 Å². The van der Waals surface area contributed by atoms with Crippen molar-refractivity contribution in [2.24, 2.45) is 0 Å². The molecule has 8 heteroatoms. The van der Waals surface area contributed by atoms with E-state index in [0.717, 1.165) is 5.56 Å². The number of nitrogens with one attached hydrogen (secondary N) is 2. The molecule has 0 spiro atoms. The van der Waals surface area contributed by atoms with Gasteiger partial charge in [-0.25, -0.2) is 4.98 Å². The fourth-order valence-electron chi connectivity index (χ4n) is 2.65. The zero-order valence-electron chi connectivity index (χ0n) is 14.9. The van der Waals surface area contributed by atoms with Crippen LogP contribution >= 0.6 is 11.3 Å². The largest absolute Gasteiger partial charge is 0.355 e. The van der Waals surface area contributed by atoms with Gasteiger partial charge in [0.2, 0.25) is 11.8 Å². The Hall–Kier alpha value is -3.00. The molecule has 3 rings (SSSR count). The number of hydrogen-bond donors (Lipinski definition) is 2. The second kappa shape index (κ2) is 8.59. The van der Waals surface area contributed by atoms with E-state index in [0.29, 0.717) is 16.0 Å². The molecule has 0 radical (unpaired) electrons. The van der Waals surface area contributed by atoms with Gasteiger partial charge in [0.1, 0.15) is 10.5 Å². The number of carbonyl (C=O) groups excluding carboxylic acids is 2. The first kappa shape index (κ1) is 18.8. The average Bonchev–Trinajstić information content (AvgIpc) is 3.11. The third-order valence-electron chi connectivity index (χ3n) is 4.05. The van der Waals surface area contributed by atoms with E-state index < -0.39 is 0 Å². The number of hydrogen-bond acceptors (Lipinski definition) is 5. The molecular formula is C19H20N4O3S. The highest BCUT2D eigenvalue weighted by Crippen LogP contribution is 2.14. The topological polar surface area (TPSA) is 95.2 Å². The Kier molecular flexibility index (Phi) is 5.97. The lowest BCUT2D eigenvalue weighted by Gasteiger charge is -2.16. The number of aromatic nitrogens is 2. The Morgan fingerprint density at radius 1 is 1.22 bits per heavy atom. The van der Waals surface area contributed by atoms with Gasteiger partial charge in [-0.05, 0) is 17.0 Å². The Bertz CT molecular complexity index is 997. The van der Waals surface area contributed by atoms with Gasteiger partial charge in [0.05, 0.1) is 18.5 Å². The first-order valence-corrected chi connectivity index (χ1v) is 9.42. The molecule has 2 heterocycles. The summed E-state index contributed by atoms with van der Waals surface area (Å²) in [5.41, 5.74) is 1.36. The minimum Gasteiger partial charge on any atom is -0.355 e. The van der Waals surface area contributed by atoms with Crippen LogP contribution in [0.4, 0.5) is 0 Å². The maximum Gasteiger partial charge on any atom is 0.268 e. The van der Waals surface area contributed by atoms with Gasteiger partial charge < -0.3 is 15.2 Å². The van der Waals surface area contributed by atoms with Crippen molar-refractivity contribution >= 4 is 33.4 Å². The number of thiophene rings is 1. The summed E-state index contributed by atoms with van der Waals surface area (Å²) in [6.45, 7) is 0.472. The molecule has 0 saturated carbocycles. The van der Waals surface area contributed by atoms with Gasteiger partial charge in [0.15, 0.2) is 0 Å². The van der Waals surface area contributed by atoms with Gasteiger partial charge in [-0.3, -0.25) is 14.4 Å². The van der Waals surface area contributed by atoms with Gasteiger partial charge in [-0.2, -0.15) is 0 Å². The molecular weight excluding hydrogens is 364 g/mol. The molecule has 0 aliphatic rings. The van der Waals surface area contributed by atoms with Crippen molar-refractivity contribution in [3.05, 3.63) is 63.5 Å². The molecule has 2 amide bonds. The molecule has 0 aliphatic carbocycles. The van der Waals surface area contributed by atoms with E-state index in [4.69, 9.17) is 0 Å². The predicted molar refractivity (Wildman–Crippen MR) is 104 cm³/mol. The summed E-state index contributed by atoms with van der Waals surface area (Å²) >= 11 is 1.34. The first-order chi connectivity index (χ1) is 13.0. The average molecular weight is 384 g/mol. The van der Waals surface area contributed by atoms with Crippen molar-refractivity contribution in [1.29, 1.82) is 0 Å². The monoisotopic (exact) mass is 384 g/mol. The van der Waals surface area contributed by atoms with E-state index >= 15 is 0 Å². The summed E-state index contributed by atoms with van der Waals surface area (Å²) in [4.78, 5) is 44.7. The molecule has 27 heavy (non-hydrogen) atoms. The third kappa shape index (κ3) is 5.01. The highest BCUT2D eigenvalue weighted by atomic mass is 32.1.